The van der Waals surface area contributed by atoms with E-state index in [1.807, 2.05) is 49.4 Å². The lowest BCUT2D eigenvalue weighted by Crippen LogP contribution is -2.15. The molecule has 104 valence electrons. The number of ether oxygens (including phenoxy) is 1. The quantitative estimate of drug-likeness (QED) is 0.922. The minimum atomic E-state index is -0.0437. The zero-order valence-electron chi connectivity index (χ0n) is 12.1. The average molecular weight is 269 g/mol. The van der Waals surface area contributed by atoms with E-state index in [1.165, 1.54) is 11.1 Å². The van der Waals surface area contributed by atoms with Gasteiger partial charge in [0.2, 0.25) is 5.91 Å². The Morgan fingerprint density at radius 2 is 1.85 bits per heavy atom. The summed E-state index contributed by atoms with van der Waals surface area (Å²) in [5.74, 6) is 0.695. The lowest BCUT2D eigenvalue weighted by atomic mass is 10.1. The summed E-state index contributed by atoms with van der Waals surface area (Å²) in [6, 6.07) is 13.5. The molecule has 0 aromatic heterocycles. The zero-order chi connectivity index (χ0) is 14.5. The molecule has 3 nitrogen and oxygen atoms in total. The summed E-state index contributed by atoms with van der Waals surface area (Å²) in [6.45, 7) is 4.08. The van der Waals surface area contributed by atoms with E-state index in [0.717, 1.165) is 17.0 Å². The molecule has 0 fully saturated rings. The lowest BCUT2D eigenvalue weighted by molar-refractivity contribution is -0.115. The normalized spacial score (nSPS) is 10.2. The van der Waals surface area contributed by atoms with Crippen molar-refractivity contribution >= 4 is 11.6 Å². The van der Waals surface area contributed by atoms with E-state index in [1.54, 1.807) is 7.11 Å². The molecule has 0 aliphatic heterocycles. The van der Waals surface area contributed by atoms with Gasteiger partial charge in [0.1, 0.15) is 5.75 Å². The fourth-order valence-corrected chi connectivity index (χ4v) is 2.05. The van der Waals surface area contributed by atoms with Gasteiger partial charge in [0, 0.05) is 11.3 Å². The first kappa shape index (κ1) is 14.1. The van der Waals surface area contributed by atoms with Gasteiger partial charge in [-0.05, 0) is 43.2 Å². The van der Waals surface area contributed by atoms with Gasteiger partial charge < -0.3 is 10.1 Å². The Labute approximate surface area is 119 Å². The number of nitrogens with one attached hydrogen (secondary N) is 1. The smallest absolute Gasteiger partial charge is 0.228 e. The van der Waals surface area contributed by atoms with Crippen molar-refractivity contribution in [2.45, 2.75) is 20.3 Å². The number of anilines is 1. The predicted octanol–water partition coefficient (Wildman–Crippen LogP) is 3.49. The maximum atomic E-state index is 12.1. The number of hydrogen-bond acceptors (Lipinski definition) is 2. The van der Waals surface area contributed by atoms with Crippen LogP contribution in [0.25, 0.3) is 0 Å². The summed E-state index contributed by atoms with van der Waals surface area (Å²) in [4.78, 5) is 12.1. The third kappa shape index (κ3) is 3.38. The summed E-state index contributed by atoms with van der Waals surface area (Å²) >= 11 is 0. The molecule has 2 aromatic carbocycles. The van der Waals surface area contributed by atoms with Gasteiger partial charge in [0.15, 0.2) is 0 Å². The molecule has 0 heterocycles. The van der Waals surface area contributed by atoms with Gasteiger partial charge in [-0.3, -0.25) is 4.79 Å². The molecule has 3 heteroatoms. The van der Waals surface area contributed by atoms with Crippen molar-refractivity contribution in [2.24, 2.45) is 0 Å². The summed E-state index contributed by atoms with van der Waals surface area (Å²) in [5, 5.41) is 2.92. The molecule has 2 rings (SSSR count). The molecule has 2 aromatic rings. The fraction of sp³-hybridized carbons (Fsp3) is 0.235. The molecule has 0 aliphatic carbocycles. The third-order valence-corrected chi connectivity index (χ3v) is 3.33. The van der Waals surface area contributed by atoms with Crippen molar-refractivity contribution in [3.63, 3.8) is 0 Å². The minimum Gasteiger partial charge on any atom is -0.496 e. The first-order valence-electron chi connectivity index (χ1n) is 6.59. The van der Waals surface area contributed by atoms with E-state index in [-0.39, 0.29) is 5.91 Å². The Morgan fingerprint density at radius 3 is 2.55 bits per heavy atom. The topological polar surface area (TPSA) is 38.3 Å². The molecule has 0 radical (unpaired) electrons. The molecule has 0 aliphatic rings. The van der Waals surface area contributed by atoms with Crippen LogP contribution in [-0.2, 0) is 11.2 Å². The number of carbonyl (C=O) groups excluding carboxylic acids is 1. The van der Waals surface area contributed by atoms with Crippen LogP contribution in [0.5, 0.6) is 5.75 Å². The number of rotatable bonds is 4. The van der Waals surface area contributed by atoms with E-state index in [2.05, 4.69) is 12.2 Å². The van der Waals surface area contributed by atoms with Gasteiger partial charge in [0.05, 0.1) is 13.5 Å². The molecular formula is C17H19NO2. The zero-order valence-corrected chi connectivity index (χ0v) is 12.1. The van der Waals surface area contributed by atoms with Crippen LogP contribution in [0.2, 0.25) is 0 Å². The number of para-hydroxylation sites is 1. The van der Waals surface area contributed by atoms with Crippen LogP contribution in [-0.4, -0.2) is 13.0 Å². The Hall–Kier alpha value is -2.29. The van der Waals surface area contributed by atoms with Crippen LogP contribution in [0.4, 0.5) is 5.69 Å². The molecule has 0 saturated carbocycles. The van der Waals surface area contributed by atoms with Gasteiger partial charge in [0.25, 0.3) is 0 Å². The van der Waals surface area contributed by atoms with E-state index >= 15 is 0 Å². The first-order valence-corrected chi connectivity index (χ1v) is 6.59. The van der Waals surface area contributed by atoms with Crippen molar-refractivity contribution in [3.05, 3.63) is 59.2 Å². The second-order valence-corrected chi connectivity index (χ2v) is 4.84. The molecular weight excluding hydrogens is 250 g/mol. The van der Waals surface area contributed by atoms with Gasteiger partial charge in [-0.2, -0.15) is 0 Å². The highest BCUT2D eigenvalue weighted by Gasteiger charge is 2.08. The number of methoxy groups -OCH3 is 1. The van der Waals surface area contributed by atoms with Crippen LogP contribution in [0.3, 0.4) is 0 Å². The van der Waals surface area contributed by atoms with Crippen LogP contribution in [0.1, 0.15) is 16.7 Å². The SMILES string of the molecule is COc1ccccc1CC(=O)Nc1ccc(C)c(C)c1. The van der Waals surface area contributed by atoms with Gasteiger partial charge in [-0.15, -0.1) is 0 Å². The number of amides is 1. The molecule has 0 bridgehead atoms. The standard InChI is InChI=1S/C17H19NO2/c1-12-8-9-15(10-13(12)2)18-17(19)11-14-6-4-5-7-16(14)20-3/h4-10H,11H2,1-3H3,(H,18,19). The Bertz CT molecular complexity index is 620. The van der Waals surface area contributed by atoms with Crippen molar-refractivity contribution in [3.8, 4) is 5.75 Å². The van der Waals surface area contributed by atoms with E-state index in [4.69, 9.17) is 4.74 Å². The molecule has 1 N–H and O–H groups in total. The van der Waals surface area contributed by atoms with Crippen molar-refractivity contribution in [1.29, 1.82) is 0 Å². The van der Waals surface area contributed by atoms with Crippen molar-refractivity contribution in [1.82, 2.24) is 0 Å². The monoisotopic (exact) mass is 269 g/mol. The minimum absolute atomic E-state index is 0.0437. The summed E-state index contributed by atoms with van der Waals surface area (Å²) in [5.41, 5.74) is 4.09. The average Bonchev–Trinajstić information content (AvgIpc) is 2.43. The Morgan fingerprint density at radius 1 is 1.10 bits per heavy atom. The van der Waals surface area contributed by atoms with Crippen LogP contribution < -0.4 is 10.1 Å². The van der Waals surface area contributed by atoms with Crippen LogP contribution in [0.15, 0.2) is 42.5 Å². The van der Waals surface area contributed by atoms with Crippen LogP contribution >= 0.6 is 0 Å². The highest BCUT2D eigenvalue weighted by atomic mass is 16.5. The maximum Gasteiger partial charge on any atom is 0.228 e. The second-order valence-electron chi connectivity index (χ2n) is 4.84. The lowest BCUT2D eigenvalue weighted by Gasteiger charge is -2.10. The van der Waals surface area contributed by atoms with Gasteiger partial charge in [-0.25, -0.2) is 0 Å². The maximum absolute atomic E-state index is 12.1. The van der Waals surface area contributed by atoms with Crippen molar-refractivity contribution in [2.75, 3.05) is 12.4 Å². The molecule has 0 unspecified atom stereocenters. The highest BCUT2D eigenvalue weighted by Crippen LogP contribution is 2.19. The summed E-state index contributed by atoms with van der Waals surface area (Å²) in [7, 11) is 1.61. The molecule has 0 atom stereocenters. The Balaban J connectivity index is 2.07. The van der Waals surface area contributed by atoms with E-state index in [0.29, 0.717) is 6.42 Å². The highest BCUT2D eigenvalue weighted by molar-refractivity contribution is 5.92. The number of carbonyl (C=O) groups is 1. The van der Waals surface area contributed by atoms with E-state index in [9.17, 15) is 4.79 Å². The summed E-state index contributed by atoms with van der Waals surface area (Å²) < 4.78 is 5.25. The third-order valence-electron chi connectivity index (χ3n) is 3.33. The molecule has 0 spiro atoms. The number of benzene rings is 2. The van der Waals surface area contributed by atoms with Gasteiger partial charge >= 0.3 is 0 Å². The number of aryl methyl sites for hydroxylation is 2. The molecule has 0 saturated heterocycles. The first-order chi connectivity index (χ1) is 9.60. The summed E-state index contributed by atoms with van der Waals surface area (Å²) in [6.07, 6.45) is 0.303. The molecule has 1 amide bonds. The fourth-order valence-electron chi connectivity index (χ4n) is 2.05. The largest absolute Gasteiger partial charge is 0.496 e. The second kappa shape index (κ2) is 6.24. The molecule has 20 heavy (non-hydrogen) atoms. The van der Waals surface area contributed by atoms with E-state index < -0.39 is 0 Å². The van der Waals surface area contributed by atoms with Gasteiger partial charge in [-0.1, -0.05) is 24.3 Å². The van der Waals surface area contributed by atoms with Crippen molar-refractivity contribution < 1.29 is 9.53 Å². The predicted molar refractivity (Wildman–Crippen MR) is 81.2 cm³/mol. The van der Waals surface area contributed by atoms with Crippen LogP contribution in [0, 0.1) is 13.8 Å². The number of hydrogen-bond donors (Lipinski definition) is 1. The Kier molecular flexibility index (Phi) is 4.41.